The predicted molar refractivity (Wildman–Crippen MR) is 184 cm³/mol. The molecule has 1 atom stereocenters. The number of aromatic nitrogens is 1. The zero-order valence-electron chi connectivity index (χ0n) is 27.8. The standard InChI is InChI=1S/C36H38N6O6S/c1-5-48-34-29(7-6-16-38-34)36(39-27-11-8-25(9-12-27)24-41-19-17-40(2)18-20-41)30-21-26(23-37)10-14-31(30)42(35(36)43)49(44,45)33-15-13-28(46-3)22-32(33)47-4/h6-16,21-22,39H,5,17-20,24H2,1-4H3. The molecule has 0 saturated carbocycles. The first-order valence-corrected chi connectivity index (χ1v) is 17.3. The number of piperazine rings is 1. The Morgan fingerprint density at radius 3 is 2.39 bits per heavy atom. The maximum Gasteiger partial charge on any atom is 0.276 e. The predicted octanol–water partition coefficient (Wildman–Crippen LogP) is 4.21. The molecule has 4 aromatic rings. The van der Waals surface area contributed by atoms with Gasteiger partial charge in [0.05, 0.1) is 43.7 Å². The molecule has 1 fully saturated rings. The van der Waals surface area contributed by atoms with Crippen molar-refractivity contribution in [1.82, 2.24) is 14.8 Å². The van der Waals surface area contributed by atoms with Gasteiger partial charge in [0.15, 0.2) is 5.54 Å². The summed E-state index contributed by atoms with van der Waals surface area (Å²) >= 11 is 0. The van der Waals surface area contributed by atoms with Crippen molar-refractivity contribution in [2.24, 2.45) is 0 Å². The minimum absolute atomic E-state index is 0.000117. The zero-order valence-corrected chi connectivity index (χ0v) is 28.7. The molecule has 2 aliphatic rings. The molecule has 3 aromatic carbocycles. The van der Waals surface area contributed by atoms with Gasteiger partial charge in [0.1, 0.15) is 16.4 Å². The molecule has 0 spiro atoms. The van der Waals surface area contributed by atoms with Crippen LogP contribution >= 0.6 is 0 Å². The number of anilines is 2. The highest BCUT2D eigenvalue weighted by molar-refractivity contribution is 7.93. The number of nitrogens with one attached hydrogen (secondary N) is 1. The third-order valence-electron chi connectivity index (χ3n) is 8.89. The van der Waals surface area contributed by atoms with Gasteiger partial charge in [-0.25, -0.2) is 13.4 Å². The van der Waals surface area contributed by atoms with Gasteiger partial charge >= 0.3 is 0 Å². The quantitative estimate of drug-likeness (QED) is 0.244. The first-order valence-electron chi connectivity index (χ1n) is 15.9. The van der Waals surface area contributed by atoms with Crippen LogP contribution in [0.2, 0.25) is 0 Å². The van der Waals surface area contributed by atoms with E-state index in [0.717, 1.165) is 42.6 Å². The molecule has 13 heteroatoms. The number of sulfonamides is 1. The number of hydrogen-bond acceptors (Lipinski definition) is 11. The van der Waals surface area contributed by atoms with E-state index < -0.39 is 21.5 Å². The first-order chi connectivity index (χ1) is 23.7. The second-order valence-electron chi connectivity index (χ2n) is 11.9. The Morgan fingerprint density at radius 1 is 0.959 bits per heavy atom. The minimum atomic E-state index is -4.60. The Labute approximate surface area is 286 Å². The van der Waals surface area contributed by atoms with Crippen LogP contribution in [-0.4, -0.2) is 83.2 Å². The summed E-state index contributed by atoms with van der Waals surface area (Å²) < 4.78 is 46.7. The van der Waals surface area contributed by atoms with E-state index in [9.17, 15) is 13.7 Å². The van der Waals surface area contributed by atoms with Crippen molar-refractivity contribution >= 4 is 27.3 Å². The molecular formula is C36H38N6O6S. The maximum absolute atomic E-state index is 15.2. The number of carbonyl (C=O) groups is 1. The zero-order chi connectivity index (χ0) is 34.8. The summed E-state index contributed by atoms with van der Waals surface area (Å²) in [7, 11) is 0.318. The fourth-order valence-electron chi connectivity index (χ4n) is 6.34. The summed E-state index contributed by atoms with van der Waals surface area (Å²) in [6.45, 7) is 6.76. The number of pyridine rings is 1. The number of nitrogens with zero attached hydrogens (tertiary/aromatic N) is 5. The molecule has 1 saturated heterocycles. The molecular weight excluding hydrogens is 644 g/mol. The number of hydrogen-bond donors (Lipinski definition) is 1. The lowest BCUT2D eigenvalue weighted by molar-refractivity contribution is -0.120. The molecule has 2 aliphatic heterocycles. The normalized spacial score (nSPS) is 18.1. The van der Waals surface area contributed by atoms with Gasteiger partial charge in [-0.15, -0.1) is 0 Å². The van der Waals surface area contributed by atoms with Gasteiger partial charge in [-0.2, -0.15) is 9.57 Å². The Kier molecular flexibility index (Phi) is 9.47. The lowest BCUT2D eigenvalue weighted by Crippen LogP contribution is -2.49. The van der Waals surface area contributed by atoms with Gasteiger partial charge in [0, 0.05) is 56.2 Å². The van der Waals surface area contributed by atoms with Gasteiger partial charge in [-0.3, -0.25) is 9.69 Å². The van der Waals surface area contributed by atoms with E-state index in [1.54, 1.807) is 19.1 Å². The molecule has 1 unspecified atom stereocenters. The molecule has 1 aromatic heterocycles. The fraction of sp³-hybridized carbons (Fsp3) is 0.306. The van der Waals surface area contributed by atoms with Gasteiger partial charge < -0.3 is 24.4 Å². The number of benzene rings is 3. The number of carbonyl (C=O) groups excluding carboxylic acids is 1. The molecule has 1 amide bonds. The lowest BCUT2D eigenvalue weighted by Gasteiger charge is -2.33. The van der Waals surface area contributed by atoms with Crippen LogP contribution in [0, 0.1) is 11.3 Å². The number of rotatable bonds is 11. The van der Waals surface area contributed by atoms with Crippen LogP contribution in [0.4, 0.5) is 11.4 Å². The summed E-state index contributed by atoms with van der Waals surface area (Å²) in [5.74, 6) is -0.301. The van der Waals surface area contributed by atoms with E-state index in [-0.39, 0.29) is 39.9 Å². The number of nitriles is 1. The first kappa shape index (κ1) is 33.7. The van der Waals surface area contributed by atoms with Crippen molar-refractivity contribution in [2.45, 2.75) is 23.9 Å². The lowest BCUT2D eigenvalue weighted by atomic mass is 9.83. The van der Waals surface area contributed by atoms with E-state index in [4.69, 9.17) is 14.2 Å². The Bertz CT molecular complexity index is 2010. The topological polar surface area (TPSA) is 137 Å². The third kappa shape index (κ3) is 6.14. The summed E-state index contributed by atoms with van der Waals surface area (Å²) in [5.41, 5.74) is 0.641. The van der Waals surface area contributed by atoms with Crippen LogP contribution < -0.4 is 23.8 Å². The average molecular weight is 683 g/mol. The number of likely N-dealkylation sites (N-methyl/N-ethyl adjacent to an activating group) is 1. The molecule has 0 radical (unpaired) electrons. The van der Waals surface area contributed by atoms with Crippen molar-refractivity contribution in [2.75, 3.05) is 63.7 Å². The number of amides is 1. The van der Waals surface area contributed by atoms with Crippen molar-refractivity contribution < 1.29 is 27.4 Å². The Balaban J connectivity index is 1.51. The SMILES string of the molecule is CCOc1ncccc1C1(Nc2ccc(CN3CCN(C)CC3)cc2)C(=O)N(S(=O)(=O)c2ccc(OC)cc2OC)c2ccc(C#N)cc21. The van der Waals surface area contributed by atoms with Gasteiger partial charge in [0.2, 0.25) is 5.88 Å². The Hall–Kier alpha value is -5.16. The number of ether oxygens (including phenoxy) is 3. The highest BCUT2D eigenvalue weighted by atomic mass is 32.2. The van der Waals surface area contributed by atoms with Crippen molar-refractivity contribution in [3.05, 3.63) is 101 Å². The molecule has 12 nitrogen and oxygen atoms in total. The van der Waals surface area contributed by atoms with Crippen LogP contribution in [0.25, 0.3) is 0 Å². The summed E-state index contributed by atoms with van der Waals surface area (Å²) in [6.07, 6.45) is 1.54. The van der Waals surface area contributed by atoms with E-state index >= 15 is 4.79 Å². The third-order valence-corrected chi connectivity index (χ3v) is 10.6. The van der Waals surface area contributed by atoms with Crippen molar-refractivity contribution in [3.63, 3.8) is 0 Å². The summed E-state index contributed by atoms with van der Waals surface area (Å²) in [6, 6.07) is 21.9. The second kappa shape index (κ2) is 13.8. The highest BCUT2D eigenvalue weighted by Crippen LogP contribution is 2.51. The van der Waals surface area contributed by atoms with E-state index in [1.165, 1.54) is 56.8 Å². The second-order valence-corrected chi connectivity index (χ2v) is 13.6. The molecule has 0 bridgehead atoms. The largest absolute Gasteiger partial charge is 0.497 e. The summed E-state index contributed by atoms with van der Waals surface area (Å²) in [5, 5.41) is 13.4. The maximum atomic E-state index is 15.2. The van der Waals surface area contributed by atoms with Gasteiger partial charge in [0.25, 0.3) is 15.9 Å². The smallest absolute Gasteiger partial charge is 0.276 e. The minimum Gasteiger partial charge on any atom is -0.497 e. The van der Waals surface area contributed by atoms with Crippen LogP contribution in [0.3, 0.4) is 0 Å². The van der Waals surface area contributed by atoms with Crippen LogP contribution in [-0.2, 0) is 26.9 Å². The van der Waals surface area contributed by atoms with Gasteiger partial charge in [-0.1, -0.05) is 12.1 Å². The fourth-order valence-corrected chi connectivity index (χ4v) is 7.94. The highest BCUT2D eigenvalue weighted by Gasteiger charge is 2.58. The molecule has 1 N–H and O–H groups in total. The molecule has 254 valence electrons. The van der Waals surface area contributed by atoms with E-state index in [0.29, 0.717) is 17.0 Å². The summed E-state index contributed by atoms with van der Waals surface area (Å²) in [4.78, 5) is 24.1. The average Bonchev–Trinajstić information content (AvgIpc) is 3.37. The van der Waals surface area contributed by atoms with Crippen molar-refractivity contribution in [1.29, 1.82) is 5.26 Å². The molecule has 0 aliphatic carbocycles. The Morgan fingerprint density at radius 2 is 1.71 bits per heavy atom. The van der Waals surface area contributed by atoms with E-state index in [1.807, 2.05) is 24.3 Å². The van der Waals surface area contributed by atoms with Crippen molar-refractivity contribution in [3.8, 4) is 23.4 Å². The number of fused-ring (bicyclic) bond motifs is 1. The van der Waals surface area contributed by atoms with Crippen LogP contribution in [0.1, 0.15) is 29.2 Å². The van der Waals surface area contributed by atoms with E-state index in [2.05, 4.69) is 33.2 Å². The number of methoxy groups -OCH3 is 2. The monoisotopic (exact) mass is 682 g/mol. The molecule has 49 heavy (non-hydrogen) atoms. The van der Waals surface area contributed by atoms with Crippen LogP contribution in [0.5, 0.6) is 17.4 Å². The van der Waals surface area contributed by atoms with Crippen LogP contribution in [0.15, 0.2) is 83.9 Å². The van der Waals surface area contributed by atoms with Gasteiger partial charge in [-0.05, 0) is 74.1 Å². The molecule has 3 heterocycles. The molecule has 6 rings (SSSR count).